The molecular weight excluding hydrogens is 250 g/mol. The third-order valence-corrected chi connectivity index (χ3v) is 3.36. The molecule has 2 N–H and O–H groups in total. The second kappa shape index (κ2) is 5.75. The summed E-state index contributed by atoms with van der Waals surface area (Å²) >= 11 is 5.07. The zero-order valence-electron chi connectivity index (χ0n) is 7.63. The molecule has 1 rings (SSSR count). The first kappa shape index (κ1) is 11.2. The zero-order valence-corrected chi connectivity index (χ0v) is 10.0. The van der Waals surface area contributed by atoms with E-state index in [0.717, 1.165) is 16.8 Å². The molecule has 1 unspecified atom stereocenters. The van der Waals surface area contributed by atoms with Crippen molar-refractivity contribution < 1.29 is 4.74 Å². The van der Waals surface area contributed by atoms with E-state index in [4.69, 9.17) is 10.5 Å². The van der Waals surface area contributed by atoms with Gasteiger partial charge in [0.2, 0.25) is 0 Å². The predicted molar refractivity (Wildman–Crippen MR) is 60.1 cm³/mol. The highest BCUT2D eigenvalue weighted by molar-refractivity contribution is 9.11. The third-order valence-electron chi connectivity index (χ3n) is 1.61. The first-order chi connectivity index (χ1) is 6.24. The predicted octanol–water partition coefficient (Wildman–Crippen LogP) is 2.94. The molecule has 0 bridgehead atoms. The summed E-state index contributed by atoms with van der Waals surface area (Å²) in [5.41, 5.74) is 5.91. The molecule has 0 radical (unpaired) electrons. The minimum atomic E-state index is 0.0165. The van der Waals surface area contributed by atoms with Crippen molar-refractivity contribution in [1.29, 1.82) is 0 Å². The molecule has 1 heterocycles. The lowest BCUT2D eigenvalue weighted by Crippen LogP contribution is -2.16. The van der Waals surface area contributed by atoms with Crippen LogP contribution in [-0.2, 0) is 4.74 Å². The molecule has 1 atom stereocenters. The van der Waals surface area contributed by atoms with E-state index in [9.17, 15) is 0 Å². The number of hydrogen-bond acceptors (Lipinski definition) is 3. The molecule has 0 saturated heterocycles. The average Bonchev–Trinajstić information content (AvgIpc) is 2.52. The van der Waals surface area contributed by atoms with Crippen LogP contribution < -0.4 is 5.73 Å². The van der Waals surface area contributed by atoms with Gasteiger partial charge in [0.05, 0.1) is 16.4 Å². The van der Waals surface area contributed by atoms with Gasteiger partial charge in [-0.1, -0.05) is 6.92 Å². The van der Waals surface area contributed by atoms with Gasteiger partial charge in [-0.3, -0.25) is 0 Å². The van der Waals surface area contributed by atoms with Gasteiger partial charge in [0.25, 0.3) is 0 Å². The highest BCUT2D eigenvalue weighted by Gasteiger charge is 2.07. The van der Waals surface area contributed by atoms with Crippen molar-refractivity contribution in [1.82, 2.24) is 0 Å². The van der Waals surface area contributed by atoms with Crippen LogP contribution >= 0.6 is 27.3 Å². The zero-order chi connectivity index (χ0) is 9.68. The summed E-state index contributed by atoms with van der Waals surface area (Å²) in [6, 6.07) is 4.07. The molecule has 1 aromatic heterocycles. The van der Waals surface area contributed by atoms with Crippen molar-refractivity contribution in [2.75, 3.05) is 13.2 Å². The van der Waals surface area contributed by atoms with E-state index in [1.807, 2.05) is 12.1 Å². The second-order valence-corrected chi connectivity index (χ2v) is 5.32. The van der Waals surface area contributed by atoms with Crippen molar-refractivity contribution in [3.63, 3.8) is 0 Å². The van der Waals surface area contributed by atoms with E-state index in [2.05, 4.69) is 22.9 Å². The van der Waals surface area contributed by atoms with Crippen LogP contribution in [0.3, 0.4) is 0 Å². The van der Waals surface area contributed by atoms with Crippen LogP contribution in [0.2, 0.25) is 0 Å². The lowest BCUT2D eigenvalue weighted by Gasteiger charge is -2.09. The van der Waals surface area contributed by atoms with Crippen molar-refractivity contribution in [2.24, 2.45) is 5.73 Å². The van der Waals surface area contributed by atoms with Crippen molar-refractivity contribution in [3.8, 4) is 0 Å². The van der Waals surface area contributed by atoms with Gasteiger partial charge in [-0.05, 0) is 34.5 Å². The molecule has 0 fully saturated rings. The molecule has 0 saturated carbocycles. The second-order valence-electron chi connectivity index (χ2n) is 2.82. The molecule has 1 aromatic rings. The van der Waals surface area contributed by atoms with Crippen LogP contribution in [-0.4, -0.2) is 13.2 Å². The summed E-state index contributed by atoms with van der Waals surface area (Å²) in [5, 5.41) is 0. The lowest BCUT2D eigenvalue weighted by molar-refractivity contribution is 0.122. The van der Waals surface area contributed by atoms with Crippen molar-refractivity contribution in [3.05, 3.63) is 20.8 Å². The first-order valence-electron chi connectivity index (χ1n) is 4.32. The standard InChI is InChI=1S/C9H14BrNOS/c1-2-5-12-6-7(11)8-3-4-9(10)13-8/h3-4,7H,2,5-6,11H2,1H3. The van der Waals surface area contributed by atoms with E-state index >= 15 is 0 Å². The molecule has 13 heavy (non-hydrogen) atoms. The highest BCUT2D eigenvalue weighted by Crippen LogP contribution is 2.26. The van der Waals surface area contributed by atoms with Crippen molar-refractivity contribution >= 4 is 27.3 Å². The smallest absolute Gasteiger partial charge is 0.0702 e. The number of nitrogens with two attached hydrogens (primary N) is 1. The lowest BCUT2D eigenvalue weighted by atomic mass is 10.3. The summed E-state index contributed by atoms with van der Waals surface area (Å²) in [4.78, 5) is 1.17. The normalized spacial score (nSPS) is 13.2. The largest absolute Gasteiger partial charge is 0.379 e. The summed E-state index contributed by atoms with van der Waals surface area (Å²) in [6.07, 6.45) is 1.04. The van der Waals surface area contributed by atoms with Crippen LogP contribution in [0.4, 0.5) is 0 Å². The summed E-state index contributed by atoms with van der Waals surface area (Å²) < 4.78 is 6.49. The fourth-order valence-electron chi connectivity index (χ4n) is 0.964. The fraction of sp³-hybridized carbons (Fsp3) is 0.556. The Kier molecular flexibility index (Phi) is 4.94. The number of halogens is 1. The molecule has 0 aliphatic heterocycles. The summed E-state index contributed by atoms with van der Waals surface area (Å²) in [5.74, 6) is 0. The SMILES string of the molecule is CCCOCC(N)c1ccc(Br)s1. The highest BCUT2D eigenvalue weighted by atomic mass is 79.9. The molecule has 4 heteroatoms. The average molecular weight is 264 g/mol. The molecule has 2 nitrogen and oxygen atoms in total. The van der Waals surface area contributed by atoms with Gasteiger partial charge < -0.3 is 10.5 Å². The van der Waals surface area contributed by atoms with Crippen LogP contribution in [0.15, 0.2) is 15.9 Å². The molecule has 74 valence electrons. The minimum absolute atomic E-state index is 0.0165. The Hall–Kier alpha value is 0.1000. The number of ether oxygens (including phenoxy) is 1. The maximum Gasteiger partial charge on any atom is 0.0702 e. The maximum atomic E-state index is 5.91. The molecule has 0 aliphatic carbocycles. The van der Waals surface area contributed by atoms with Gasteiger partial charge >= 0.3 is 0 Å². The molecular formula is C9H14BrNOS. The fourth-order valence-corrected chi connectivity index (χ4v) is 2.37. The van der Waals surface area contributed by atoms with Gasteiger partial charge in [-0.25, -0.2) is 0 Å². The van der Waals surface area contributed by atoms with Gasteiger partial charge in [-0.2, -0.15) is 0 Å². The Morgan fingerprint density at radius 2 is 2.38 bits per heavy atom. The van der Waals surface area contributed by atoms with Crippen LogP contribution in [0.1, 0.15) is 24.3 Å². The van der Waals surface area contributed by atoms with Gasteiger partial charge in [0.1, 0.15) is 0 Å². The number of hydrogen-bond donors (Lipinski definition) is 1. The summed E-state index contributed by atoms with van der Waals surface area (Å²) in [6.45, 7) is 3.49. The minimum Gasteiger partial charge on any atom is -0.379 e. The van der Waals surface area contributed by atoms with Gasteiger partial charge in [0, 0.05) is 11.5 Å². The van der Waals surface area contributed by atoms with E-state index in [0.29, 0.717) is 6.61 Å². The van der Waals surface area contributed by atoms with E-state index < -0.39 is 0 Å². The topological polar surface area (TPSA) is 35.2 Å². The Balaban J connectivity index is 2.35. The Bertz CT molecular complexity index is 252. The number of thiophene rings is 1. The summed E-state index contributed by atoms with van der Waals surface area (Å²) in [7, 11) is 0. The van der Waals surface area contributed by atoms with E-state index in [1.54, 1.807) is 11.3 Å². The van der Waals surface area contributed by atoms with Crippen LogP contribution in [0, 0.1) is 0 Å². The molecule has 0 spiro atoms. The molecule has 0 amide bonds. The van der Waals surface area contributed by atoms with E-state index in [1.165, 1.54) is 4.88 Å². The maximum absolute atomic E-state index is 5.91. The monoisotopic (exact) mass is 263 g/mol. The Labute approximate surface area is 91.2 Å². The van der Waals surface area contributed by atoms with E-state index in [-0.39, 0.29) is 6.04 Å². The molecule has 0 aliphatic rings. The quantitative estimate of drug-likeness (QED) is 0.830. The van der Waals surface area contributed by atoms with Crippen LogP contribution in [0.5, 0.6) is 0 Å². The van der Waals surface area contributed by atoms with Gasteiger partial charge in [-0.15, -0.1) is 11.3 Å². The molecule has 0 aromatic carbocycles. The van der Waals surface area contributed by atoms with Crippen LogP contribution in [0.25, 0.3) is 0 Å². The Morgan fingerprint density at radius 1 is 1.62 bits per heavy atom. The third kappa shape index (κ3) is 3.77. The Morgan fingerprint density at radius 3 is 2.92 bits per heavy atom. The van der Waals surface area contributed by atoms with Crippen molar-refractivity contribution in [2.45, 2.75) is 19.4 Å². The number of rotatable bonds is 5. The first-order valence-corrected chi connectivity index (χ1v) is 5.93. The van der Waals surface area contributed by atoms with Gasteiger partial charge in [0.15, 0.2) is 0 Å².